The van der Waals surface area contributed by atoms with Gasteiger partial charge in [-0.3, -0.25) is 4.79 Å². The van der Waals surface area contributed by atoms with Crippen molar-refractivity contribution in [2.24, 2.45) is 5.73 Å². The lowest BCUT2D eigenvalue weighted by molar-refractivity contribution is -0.117. The van der Waals surface area contributed by atoms with Crippen LogP contribution in [0.2, 0.25) is 5.02 Å². The summed E-state index contributed by atoms with van der Waals surface area (Å²) in [5.74, 6) is -0.284. The van der Waals surface area contributed by atoms with Crippen molar-refractivity contribution >= 4 is 34.6 Å². The van der Waals surface area contributed by atoms with Crippen molar-refractivity contribution in [3.05, 3.63) is 53.1 Å². The number of carbonyl (C=O) groups is 1. The molecule has 1 aliphatic heterocycles. The maximum atomic E-state index is 12.1. The second-order valence-electron chi connectivity index (χ2n) is 5.00. The molecule has 110 valence electrons. The summed E-state index contributed by atoms with van der Waals surface area (Å²) >= 11 is 6.20. The molecule has 0 radical (unpaired) electrons. The summed E-state index contributed by atoms with van der Waals surface area (Å²) in [6.07, 6.45) is 0. The molecule has 1 heterocycles. The fraction of sp³-hybridized carbons (Fsp3) is 0.125. The van der Waals surface area contributed by atoms with E-state index in [0.717, 1.165) is 11.4 Å². The van der Waals surface area contributed by atoms with Crippen molar-refractivity contribution in [2.45, 2.75) is 6.04 Å². The first-order valence-electron chi connectivity index (χ1n) is 6.73. The Morgan fingerprint density at radius 1 is 1.32 bits per heavy atom. The van der Waals surface area contributed by atoms with Gasteiger partial charge >= 0.3 is 0 Å². The minimum Gasteiger partial charge on any atom is -0.338 e. The molecule has 0 saturated heterocycles. The van der Waals surface area contributed by atoms with Crippen molar-refractivity contribution in [3.63, 3.8) is 0 Å². The smallest absolute Gasteiger partial charge is 0.243 e. The molecule has 1 atom stereocenters. The van der Waals surface area contributed by atoms with Crippen LogP contribution in [-0.4, -0.2) is 18.5 Å². The van der Waals surface area contributed by atoms with Gasteiger partial charge in [-0.25, -0.2) is 0 Å². The molecule has 0 fully saturated rings. The van der Waals surface area contributed by atoms with Gasteiger partial charge in [-0.05, 0) is 30.3 Å². The largest absolute Gasteiger partial charge is 0.338 e. The Hall–Kier alpha value is -2.55. The third-order valence-corrected chi connectivity index (χ3v) is 3.85. The predicted molar refractivity (Wildman–Crippen MR) is 86.2 cm³/mol. The van der Waals surface area contributed by atoms with E-state index in [9.17, 15) is 4.79 Å². The van der Waals surface area contributed by atoms with Crippen LogP contribution in [0.1, 0.15) is 5.56 Å². The minimum absolute atomic E-state index is 0.284. The molecule has 1 amide bonds. The Bertz CT molecular complexity index is 784. The molecule has 0 bridgehead atoms. The predicted octanol–water partition coefficient (Wildman–Crippen LogP) is 2.63. The van der Waals surface area contributed by atoms with E-state index < -0.39 is 6.04 Å². The fourth-order valence-electron chi connectivity index (χ4n) is 2.44. The zero-order valence-electron chi connectivity index (χ0n) is 11.6. The summed E-state index contributed by atoms with van der Waals surface area (Å²) in [5.41, 5.74) is 8.56. The van der Waals surface area contributed by atoms with Gasteiger partial charge < -0.3 is 16.0 Å². The quantitative estimate of drug-likeness (QED) is 0.848. The average molecular weight is 313 g/mol. The molecule has 0 aliphatic carbocycles. The molecule has 1 aliphatic rings. The average Bonchev–Trinajstić information content (AvgIpc) is 2.66. The van der Waals surface area contributed by atoms with Gasteiger partial charge in [-0.1, -0.05) is 23.7 Å². The lowest BCUT2D eigenvalue weighted by atomic mass is 10.1. The minimum atomic E-state index is -0.700. The molecule has 0 aromatic heterocycles. The van der Waals surface area contributed by atoms with Gasteiger partial charge in [-0.15, -0.1) is 0 Å². The zero-order chi connectivity index (χ0) is 15.7. The Labute approximate surface area is 132 Å². The summed E-state index contributed by atoms with van der Waals surface area (Å²) in [5, 5.41) is 12.3. The van der Waals surface area contributed by atoms with E-state index in [1.54, 1.807) is 24.3 Å². The SMILES string of the molecule is N#Cc1cccc(N2CC(N)C(=O)Nc3c(Cl)cccc32)c1. The van der Waals surface area contributed by atoms with Gasteiger partial charge in [0.25, 0.3) is 0 Å². The summed E-state index contributed by atoms with van der Waals surface area (Å²) in [6.45, 7) is 0.300. The number of amides is 1. The van der Waals surface area contributed by atoms with Crippen molar-refractivity contribution in [1.82, 2.24) is 0 Å². The van der Waals surface area contributed by atoms with Crippen LogP contribution in [0.4, 0.5) is 17.1 Å². The normalized spacial score (nSPS) is 17.2. The highest BCUT2D eigenvalue weighted by molar-refractivity contribution is 6.34. The molecule has 3 N–H and O–H groups in total. The molecule has 3 rings (SSSR count). The first kappa shape index (κ1) is 14.4. The van der Waals surface area contributed by atoms with Crippen molar-refractivity contribution in [3.8, 4) is 6.07 Å². The van der Waals surface area contributed by atoms with Crippen LogP contribution in [-0.2, 0) is 4.79 Å². The molecule has 0 spiro atoms. The number of para-hydroxylation sites is 1. The third kappa shape index (κ3) is 2.50. The molecule has 22 heavy (non-hydrogen) atoms. The maximum absolute atomic E-state index is 12.1. The number of nitriles is 1. The first-order chi connectivity index (χ1) is 10.6. The van der Waals surface area contributed by atoms with Crippen molar-refractivity contribution in [1.29, 1.82) is 5.26 Å². The van der Waals surface area contributed by atoms with Gasteiger partial charge in [0.1, 0.15) is 6.04 Å². The number of hydrogen-bond donors (Lipinski definition) is 2. The molecule has 2 aromatic rings. The van der Waals surface area contributed by atoms with Crippen molar-refractivity contribution in [2.75, 3.05) is 16.8 Å². The third-order valence-electron chi connectivity index (χ3n) is 3.53. The van der Waals surface area contributed by atoms with Gasteiger partial charge in [0.2, 0.25) is 5.91 Å². The molecular formula is C16H13ClN4O. The highest BCUT2D eigenvalue weighted by Gasteiger charge is 2.27. The van der Waals surface area contributed by atoms with Crippen LogP contribution in [0.15, 0.2) is 42.5 Å². The fourth-order valence-corrected chi connectivity index (χ4v) is 2.66. The lowest BCUT2D eigenvalue weighted by Gasteiger charge is -2.26. The van der Waals surface area contributed by atoms with Gasteiger partial charge in [0, 0.05) is 12.2 Å². The summed E-state index contributed by atoms with van der Waals surface area (Å²) < 4.78 is 0. The topological polar surface area (TPSA) is 82.2 Å². The van der Waals surface area contributed by atoms with Crippen LogP contribution >= 0.6 is 11.6 Å². The molecule has 0 saturated carbocycles. The first-order valence-corrected chi connectivity index (χ1v) is 7.10. The van der Waals surface area contributed by atoms with E-state index in [4.69, 9.17) is 22.6 Å². The lowest BCUT2D eigenvalue weighted by Crippen LogP contribution is -2.41. The molecule has 5 nitrogen and oxygen atoms in total. The van der Waals surface area contributed by atoms with Crippen LogP contribution in [0.3, 0.4) is 0 Å². The Morgan fingerprint density at radius 2 is 2.09 bits per heavy atom. The van der Waals surface area contributed by atoms with Crippen LogP contribution in [0, 0.1) is 11.3 Å². The molecular weight excluding hydrogens is 300 g/mol. The second kappa shape index (κ2) is 5.68. The van der Waals surface area contributed by atoms with Gasteiger partial charge in [-0.2, -0.15) is 5.26 Å². The molecule has 2 aromatic carbocycles. The number of nitrogens with zero attached hydrogens (tertiary/aromatic N) is 2. The number of fused-ring (bicyclic) bond motifs is 1. The summed E-state index contributed by atoms with van der Waals surface area (Å²) in [4.78, 5) is 13.9. The van der Waals surface area contributed by atoms with Gasteiger partial charge in [0.15, 0.2) is 0 Å². The molecule has 1 unspecified atom stereocenters. The standard InChI is InChI=1S/C16H13ClN4O/c17-12-5-2-6-14-15(12)20-16(22)13(19)9-21(14)11-4-1-3-10(7-11)8-18/h1-7,13H,9,19H2,(H,20,22). The number of anilines is 3. The second-order valence-corrected chi connectivity index (χ2v) is 5.41. The number of hydrogen-bond acceptors (Lipinski definition) is 4. The Balaban J connectivity index is 2.16. The van der Waals surface area contributed by atoms with E-state index in [0.29, 0.717) is 22.8 Å². The molecule has 6 heteroatoms. The highest BCUT2D eigenvalue weighted by atomic mass is 35.5. The number of carbonyl (C=O) groups excluding carboxylic acids is 1. The van der Waals surface area contributed by atoms with E-state index in [1.807, 2.05) is 23.1 Å². The van der Waals surface area contributed by atoms with Gasteiger partial charge in [0.05, 0.1) is 28.0 Å². The monoisotopic (exact) mass is 312 g/mol. The van der Waals surface area contributed by atoms with E-state index in [2.05, 4.69) is 11.4 Å². The summed E-state index contributed by atoms with van der Waals surface area (Å²) in [7, 11) is 0. The maximum Gasteiger partial charge on any atom is 0.243 e. The van der Waals surface area contributed by atoms with Crippen LogP contribution in [0.5, 0.6) is 0 Å². The number of nitrogens with one attached hydrogen (secondary N) is 1. The van der Waals surface area contributed by atoms with Crippen LogP contribution in [0.25, 0.3) is 0 Å². The van der Waals surface area contributed by atoms with E-state index >= 15 is 0 Å². The number of nitrogens with two attached hydrogens (primary N) is 1. The summed E-state index contributed by atoms with van der Waals surface area (Å²) in [6, 6.07) is 13.9. The number of benzene rings is 2. The zero-order valence-corrected chi connectivity index (χ0v) is 12.3. The number of halogens is 1. The highest BCUT2D eigenvalue weighted by Crippen LogP contribution is 2.38. The van der Waals surface area contributed by atoms with E-state index in [-0.39, 0.29) is 5.91 Å². The van der Waals surface area contributed by atoms with Crippen LogP contribution < -0.4 is 16.0 Å². The Kier molecular flexibility index (Phi) is 3.72. The van der Waals surface area contributed by atoms with Crippen molar-refractivity contribution < 1.29 is 4.79 Å². The number of rotatable bonds is 1. The van der Waals surface area contributed by atoms with E-state index in [1.165, 1.54) is 0 Å². The Morgan fingerprint density at radius 3 is 2.86 bits per heavy atom.